The van der Waals surface area contributed by atoms with Crippen LogP contribution in [0.25, 0.3) is 0 Å². The van der Waals surface area contributed by atoms with Gasteiger partial charge < -0.3 is 4.90 Å². The van der Waals surface area contributed by atoms with Gasteiger partial charge in [0.2, 0.25) is 5.91 Å². The van der Waals surface area contributed by atoms with E-state index in [-0.39, 0.29) is 18.1 Å². The van der Waals surface area contributed by atoms with E-state index in [4.69, 9.17) is 5.26 Å². The molecule has 0 atom stereocenters. The first kappa shape index (κ1) is 17.2. The summed E-state index contributed by atoms with van der Waals surface area (Å²) >= 11 is 3.21. The maximum Gasteiger partial charge on any atom is 0.222 e. The van der Waals surface area contributed by atoms with Crippen molar-refractivity contribution in [3.05, 3.63) is 69.4 Å². The quantitative estimate of drug-likeness (QED) is 0.792. The van der Waals surface area contributed by atoms with Crippen molar-refractivity contribution in [2.24, 2.45) is 0 Å². The first-order valence-corrected chi connectivity index (χ1v) is 7.96. The van der Waals surface area contributed by atoms with E-state index < -0.39 is 0 Å². The Hall–Kier alpha value is -2.19. The third-order valence-electron chi connectivity index (χ3n) is 3.52. The Morgan fingerprint density at radius 1 is 1.30 bits per heavy atom. The van der Waals surface area contributed by atoms with Gasteiger partial charge in [-0.05, 0) is 41.8 Å². The molecule has 0 spiro atoms. The first-order valence-electron chi connectivity index (χ1n) is 7.16. The fourth-order valence-corrected chi connectivity index (χ4v) is 2.59. The molecule has 0 aliphatic heterocycles. The van der Waals surface area contributed by atoms with E-state index in [0.717, 1.165) is 5.56 Å². The van der Waals surface area contributed by atoms with E-state index in [1.54, 1.807) is 42.3 Å². The Morgan fingerprint density at radius 3 is 2.78 bits per heavy atom. The molecule has 23 heavy (non-hydrogen) atoms. The van der Waals surface area contributed by atoms with Crippen LogP contribution in [0.1, 0.15) is 23.1 Å². The summed E-state index contributed by atoms with van der Waals surface area (Å²) in [6.07, 6.45) is 0.605. The number of nitrogens with zero attached hydrogens (tertiary/aromatic N) is 2. The highest BCUT2D eigenvalue weighted by atomic mass is 79.9. The normalized spacial score (nSPS) is 10.2. The number of hydrogen-bond donors (Lipinski definition) is 0. The van der Waals surface area contributed by atoms with Crippen molar-refractivity contribution in [2.45, 2.75) is 19.4 Å². The lowest BCUT2D eigenvalue weighted by atomic mass is 10.1. The van der Waals surface area contributed by atoms with Crippen molar-refractivity contribution in [3.63, 3.8) is 0 Å². The number of carbonyl (C=O) groups excluding carboxylic acids is 1. The number of hydrogen-bond acceptors (Lipinski definition) is 2. The average Bonchev–Trinajstić information content (AvgIpc) is 2.54. The zero-order valence-electron chi connectivity index (χ0n) is 12.7. The van der Waals surface area contributed by atoms with Crippen molar-refractivity contribution < 1.29 is 9.18 Å². The van der Waals surface area contributed by atoms with Crippen LogP contribution in [0.5, 0.6) is 0 Å². The molecule has 0 bridgehead atoms. The number of halogens is 2. The van der Waals surface area contributed by atoms with Gasteiger partial charge in [-0.2, -0.15) is 5.26 Å². The van der Waals surface area contributed by atoms with Crippen molar-refractivity contribution >= 4 is 21.8 Å². The number of rotatable bonds is 5. The van der Waals surface area contributed by atoms with Gasteiger partial charge in [0.05, 0.1) is 11.6 Å². The summed E-state index contributed by atoms with van der Waals surface area (Å²) in [5.41, 5.74) is 2.00. The minimum absolute atomic E-state index is 0.0605. The molecule has 118 valence electrons. The van der Waals surface area contributed by atoms with Gasteiger partial charge in [0, 0.05) is 24.5 Å². The van der Waals surface area contributed by atoms with Crippen molar-refractivity contribution in [1.82, 2.24) is 4.90 Å². The van der Waals surface area contributed by atoms with E-state index in [0.29, 0.717) is 28.6 Å². The maximum atomic E-state index is 13.7. The second kappa shape index (κ2) is 7.89. The van der Waals surface area contributed by atoms with Gasteiger partial charge in [0.1, 0.15) is 5.82 Å². The van der Waals surface area contributed by atoms with Gasteiger partial charge >= 0.3 is 0 Å². The fourth-order valence-electron chi connectivity index (χ4n) is 2.26. The van der Waals surface area contributed by atoms with E-state index in [1.807, 2.05) is 6.07 Å². The van der Waals surface area contributed by atoms with E-state index in [1.165, 1.54) is 6.07 Å². The minimum Gasteiger partial charge on any atom is -0.341 e. The summed E-state index contributed by atoms with van der Waals surface area (Å²) in [6.45, 7) is 0.428. The number of amides is 1. The van der Waals surface area contributed by atoms with Crippen LogP contribution in [-0.2, 0) is 17.8 Å². The molecule has 0 aromatic heterocycles. The zero-order chi connectivity index (χ0) is 16.8. The fraction of sp³-hybridized carbons (Fsp3) is 0.222. The molecular weight excluding hydrogens is 359 g/mol. The van der Waals surface area contributed by atoms with Crippen molar-refractivity contribution in [2.75, 3.05) is 7.05 Å². The molecule has 1 amide bonds. The molecule has 3 nitrogen and oxygen atoms in total. The van der Waals surface area contributed by atoms with Crippen LogP contribution in [0.4, 0.5) is 4.39 Å². The third-order valence-corrected chi connectivity index (χ3v) is 4.02. The van der Waals surface area contributed by atoms with Crippen molar-refractivity contribution in [1.29, 1.82) is 5.26 Å². The molecule has 2 rings (SSSR count). The summed E-state index contributed by atoms with van der Waals surface area (Å²) in [5, 5.41) is 8.89. The molecule has 0 heterocycles. The number of nitriles is 1. The van der Waals surface area contributed by atoms with Crippen LogP contribution in [0.3, 0.4) is 0 Å². The summed E-state index contributed by atoms with van der Waals surface area (Å²) in [4.78, 5) is 13.8. The predicted octanol–water partition coefficient (Wildman–Crippen LogP) is 4.05. The average molecular weight is 375 g/mol. The molecule has 0 radical (unpaired) electrons. The largest absolute Gasteiger partial charge is 0.341 e. The Bertz CT molecular complexity index is 755. The highest BCUT2D eigenvalue weighted by Gasteiger charge is 2.11. The van der Waals surface area contributed by atoms with E-state index >= 15 is 0 Å². The first-order chi connectivity index (χ1) is 11.0. The lowest BCUT2D eigenvalue weighted by Gasteiger charge is -2.17. The third kappa shape index (κ3) is 4.90. The Labute approximate surface area is 143 Å². The second-order valence-electron chi connectivity index (χ2n) is 5.30. The molecule has 0 saturated carbocycles. The van der Waals surface area contributed by atoms with Gasteiger partial charge in [0.25, 0.3) is 0 Å². The molecule has 0 aliphatic rings. The standard InChI is InChI=1S/C18H16BrFN2O/c1-22(12-14-4-2-3-13(9-14)11-21)18(23)8-6-15-5-7-16(19)10-17(15)20/h2-5,7,9-10H,6,8,12H2,1H3. The molecule has 5 heteroatoms. The maximum absolute atomic E-state index is 13.7. The number of carbonyl (C=O) groups is 1. The van der Waals surface area contributed by atoms with Crippen LogP contribution in [0, 0.1) is 17.1 Å². The molecule has 0 fully saturated rings. The second-order valence-corrected chi connectivity index (χ2v) is 6.21. The predicted molar refractivity (Wildman–Crippen MR) is 90.1 cm³/mol. The van der Waals surface area contributed by atoms with Gasteiger partial charge in [-0.15, -0.1) is 0 Å². The van der Waals surface area contributed by atoms with Crippen LogP contribution in [0.2, 0.25) is 0 Å². The Balaban J connectivity index is 1.93. The van der Waals surface area contributed by atoms with Crippen LogP contribution in [-0.4, -0.2) is 17.9 Å². The molecular formula is C18H16BrFN2O. The number of benzene rings is 2. The van der Waals surface area contributed by atoms with Gasteiger partial charge in [-0.1, -0.05) is 34.1 Å². The molecule has 2 aromatic rings. The monoisotopic (exact) mass is 374 g/mol. The van der Waals surface area contributed by atoms with E-state index in [2.05, 4.69) is 22.0 Å². The highest BCUT2D eigenvalue weighted by Crippen LogP contribution is 2.17. The van der Waals surface area contributed by atoms with E-state index in [9.17, 15) is 9.18 Å². The molecule has 0 N–H and O–H groups in total. The topological polar surface area (TPSA) is 44.1 Å². The van der Waals surface area contributed by atoms with Gasteiger partial charge in [0.15, 0.2) is 0 Å². The Kier molecular flexibility index (Phi) is 5.89. The lowest BCUT2D eigenvalue weighted by Crippen LogP contribution is -2.26. The highest BCUT2D eigenvalue weighted by molar-refractivity contribution is 9.10. The van der Waals surface area contributed by atoms with Crippen LogP contribution < -0.4 is 0 Å². The van der Waals surface area contributed by atoms with Crippen LogP contribution in [0.15, 0.2) is 46.9 Å². The van der Waals surface area contributed by atoms with Crippen molar-refractivity contribution in [3.8, 4) is 6.07 Å². The summed E-state index contributed by atoms with van der Waals surface area (Å²) in [5.74, 6) is -0.369. The zero-order valence-corrected chi connectivity index (χ0v) is 14.3. The molecule has 0 unspecified atom stereocenters. The number of aryl methyl sites for hydroxylation is 1. The molecule has 0 aliphatic carbocycles. The lowest BCUT2D eigenvalue weighted by molar-refractivity contribution is -0.130. The molecule has 2 aromatic carbocycles. The summed E-state index contributed by atoms with van der Waals surface area (Å²) in [7, 11) is 1.71. The smallest absolute Gasteiger partial charge is 0.222 e. The minimum atomic E-state index is -0.309. The summed E-state index contributed by atoms with van der Waals surface area (Å²) in [6, 6.07) is 14.1. The van der Waals surface area contributed by atoms with Gasteiger partial charge in [-0.25, -0.2) is 4.39 Å². The van der Waals surface area contributed by atoms with Crippen LogP contribution >= 0.6 is 15.9 Å². The van der Waals surface area contributed by atoms with Gasteiger partial charge in [-0.3, -0.25) is 4.79 Å². The molecule has 0 saturated heterocycles. The summed E-state index contributed by atoms with van der Waals surface area (Å²) < 4.78 is 14.4. The Morgan fingerprint density at radius 2 is 2.09 bits per heavy atom. The SMILES string of the molecule is CN(Cc1cccc(C#N)c1)C(=O)CCc1ccc(Br)cc1F.